The van der Waals surface area contributed by atoms with Crippen LogP contribution in [0.25, 0.3) is 0 Å². The number of aliphatic hydroxyl groups is 9. The molecule has 10 rings (SSSR count). The second-order valence-electron chi connectivity index (χ2n) is 28.7. The van der Waals surface area contributed by atoms with E-state index in [0.29, 0.717) is 44.9 Å². The van der Waals surface area contributed by atoms with Crippen LogP contribution in [0, 0.1) is 39.4 Å². The lowest BCUT2D eigenvalue weighted by molar-refractivity contribution is -0.403. The first-order valence-electron chi connectivity index (χ1n) is 32.1. The summed E-state index contributed by atoms with van der Waals surface area (Å²) in [5, 5.41) is 103. The number of rotatable bonds is 23. The van der Waals surface area contributed by atoms with Crippen LogP contribution < -0.4 is 0 Å². The normalized spacial score (nSPS) is 47.8. The largest absolute Gasteiger partial charge is 0.458 e. The van der Waals surface area contributed by atoms with E-state index >= 15 is 0 Å². The van der Waals surface area contributed by atoms with Crippen LogP contribution in [0.1, 0.15) is 106 Å². The molecule has 4 aliphatic carbocycles. The van der Waals surface area contributed by atoms with Gasteiger partial charge in [0.1, 0.15) is 115 Å². The summed E-state index contributed by atoms with van der Waals surface area (Å²) in [6.07, 6.45) is -40.0. The third-order valence-electron chi connectivity index (χ3n) is 22.2. The molecular weight excluding hydrogens is 1360 g/mol. The zero-order chi connectivity index (χ0) is 71.4. The molecule has 0 aromatic carbocycles. The summed E-state index contributed by atoms with van der Waals surface area (Å²) >= 11 is 0. The maximum atomic E-state index is 14.5. The van der Waals surface area contributed by atoms with Crippen molar-refractivity contribution in [3.8, 4) is 0 Å². The number of hydrogen-bond donors (Lipinski definition) is 12. The predicted molar refractivity (Wildman–Crippen MR) is 319 cm³/mol. The molecule has 12 N–H and O–H groups in total. The van der Waals surface area contributed by atoms with Crippen LogP contribution in [0.4, 0.5) is 0 Å². The highest BCUT2D eigenvalue weighted by molar-refractivity contribution is 7.81. The lowest BCUT2D eigenvalue weighted by atomic mass is 9.41. The van der Waals surface area contributed by atoms with Crippen molar-refractivity contribution in [1.82, 2.24) is 0 Å². The molecule has 556 valence electrons. The standard InChI is InChI=1S/C59H92O35S3/c1-24(2)11-10-16-58(8)48-28(60)19-57(7)27-12-13-33-55(4,5)34(15-17-56(33,6)26(27)14-18-59(48,57)54(70)93-58)88-52-46(38(65)32(21-82-52)94-97(77,78)79)92-53-47(91-49-39(66)35(62)29(61)20-81-49)40(67)43(25(3)85-53)89-51-42(69)45(37(64)31(87-51)23-84-96(74,75)76)90-50-41(68)44(80-9)36(63)30(86-50)22-83-95(71,72)73/h12,25-26,29-53,61-69H,1,10-11,13-23H2,2-9H3,(H,71,72,73)(H,74,75,76)(H,77,78,79). The molecule has 9 fully saturated rings. The molecule has 0 radical (unpaired) electrons. The Morgan fingerprint density at radius 1 is 0.629 bits per heavy atom. The van der Waals surface area contributed by atoms with Gasteiger partial charge in [0.05, 0.1) is 50.0 Å². The molecule has 97 heavy (non-hydrogen) atoms. The number of cyclic esters (lactones) is 1. The van der Waals surface area contributed by atoms with Crippen molar-refractivity contribution in [1.29, 1.82) is 0 Å². The SMILES string of the molecule is C=C(C)CCCC1(C)OC(=O)C23CCC4C(=CCC5C(C)(C)C(OC6OCC(OS(=O)(=O)O)C(O)C6OC6OC(C)C(OC7OC(COS(=O)(=O)O)C(O)C(OC8OC(COS(=O)(=O)O)C(O)C(OC)C8O)C7O)C(O)C6OC6OCC(O)C(O)C6O)CCC45C)C2(C)CC(=O)C13. The molecule has 6 heterocycles. The molecular formula is C59H92O35S3. The summed E-state index contributed by atoms with van der Waals surface area (Å²) < 4.78 is 186. The van der Waals surface area contributed by atoms with Gasteiger partial charge in [-0.3, -0.25) is 23.2 Å². The second kappa shape index (κ2) is 28.5. The number of carbonyl (C=O) groups is 2. The number of hydrogen-bond acceptors (Lipinski definition) is 32. The van der Waals surface area contributed by atoms with Gasteiger partial charge in [0.25, 0.3) is 0 Å². The number of fused-ring (bicyclic) bond motifs is 4. The van der Waals surface area contributed by atoms with E-state index in [-0.39, 0.29) is 30.0 Å². The molecule has 35 nitrogen and oxygen atoms in total. The summed E-state index contributed by atoms with van der Waals surface area (Å²) in [5.41, 5.74) is -2.04. The summed E-state index contributed by atoms with van der Waals surface area (Å²) in [7, 11) is -14.8. The minimum Gasteiger partial charge on any atom is -0.458 e. The molecule has 1 spiro atoms. The number of ether oxygens (including phenoxy) is 12. The molecule has 0 bridgehead atoms. The van der Waals surface area contributed by atoms with Gasteiger partial charge >= 0.3 is 37.2 Å². The number of ketones is 1. The lowest BCUT2D eigenvalue weighted by Gasteiger charge is -2.63. The highest BCUT2D eigenvalue weighted by Gasteiger charge is 2.79. The van der Waals surface area contributed by atoms with Crippen molar-refractivity contribution in [2.75, 3.05) is 33.5 Å². The van der Waals surface area contributed by atoms with Crippen LogP contribution in [-0.4, -0.2) is 283 Å². The number of esters is 1. The quantitative estimate of drug-likeness (QED) is 0.0292. The maximum Gasteiger partial charge on any atom is 0.397 e. The Balaban J connectivity index is 0.921. The Hall–Kier alpha value is -2.57. The lowest BCUT2D eigenvalue weighted by Crippen LogP contribution is -2.68. The second-order valence-corrected chi connectivity index (χ2v) is 31.9. The first-order valence-corrected chi connectivity index (χ1v) is 36.2. The fourth-order valence-corrected chi connectivity index (χ4v) is 18.6. The Kier molecular flexibility index (Phi) is 22.6. The van der Waals surface area contributed by atoms with E-state index in [0.717, 1.165) is 24.7 Å². The molecule has 6 saturated heterocycles. The zero-order valence-electron chi connectivity index (χ0n) is 54.5. The predicted octanol–water partition coefficient (Wildman–Crippen LogP) is -2.26. The molecule has 10 aliphatic rings. The van der Waals surface area contributed by atoms with Gasteiger partial charge in [-0.25, -0.2) is 12.5 Å². The fraction of sp³-hybridized carbons (Fsp3) is 0.898. The van der Waals surface area contributed by atoms with E-state index in [9.17, 15) is 94.5 Å². The summed E-state index contributed by atoms with van der Waals surface area (Å²) in [4.78, 5) is 29.0. The third kappa shape index (κ3) is 14.8. The van der Waals surface area contributed by atoms with Gasteiger partial charge in [-0.1, -0.05) is 44.9 Å². The smallest absolute Gasteiger partial charge is 0.397 e. The van der Waals surface area contributed by atoms with Gasteiger partial charge in [0.2, 0.25) is 0 Å². The fourth-order valence-electron chi connectivity index (χ4n) is 17.5. The highest BCUT2D eigenvalue weighted by Crippen LogP contribution is 2.75. The first kappa shape index (κ1) is 77.1. The minimum absolute atomic E-state index is 0.00563. The van der Waals surface area contributed by atoms with Crippen LogP contribution in [-0.2, 0) is 110 Å². The van der Waals surface area contributed by atoms with E-state index in [4.69, 9.17) is 61.0 Å². The Morgan fingerprint density at radius 2 is 1.20 bits per heavy atom. The van der Waals surface area contributed by atoms with Crippen molar-refractivity contribution < 1.29 is 164 Å². The highest BCUT2D eigenvalue weighted by atomic mass is 32.3. The zero-order valence-corrected chi connectivity index (χ0v) is 57.0. The van der Waals surface area contributed by atoms with Crippen LogP contribution >= 0.6 is 0 Å². The number of carbonyl (C=O) groups excluding carboxylic acids is 2. The van der Waals surface area contributed by atoms with E-state index in [1.807, 2.05) is 34.6 Å². The van der Waals surface area contributed by atoms with Gasteiger partial charge in [-0.15, -0.1) is 6.58 Å². The van der Waals surface area contributed by atoms with Crippen molar-refractivity contribution >= 4 is 42.9 Å². The average molecular weight is 1460 g/mol. The number of allylic oxidation sites excluding steroid dienone is 3. The van der Waals surface area contributed by atoms with E-state index in [2.05, 4.69) is 27.9 Å². The summed E-state index contributed by atoms with van der Waals surface area (Å²) in [6, 6.07) is 0. The van der Waals surface area contributed by atoms with Gasteiger partial charge < -0.3 is 103 Å². The van der Waals surface area contributed by atoms with Crippen molar-refractivity contribution in [3.05, 3.63) is 23.8 Å². The van der Waals surface area contributed by atoms with Crippen molar-refractivity contribution in [3.63, 3.8) is 0 Å². The van der Waals surface area contributed by atoms with Crippen molar-refractivity contribution in [2.45, 2.75) is 259 Å². The van der Waals surface area contributed by atoms with Gasteiger partial charge in [0, 0.05) is 18.9 Å². The molecule has 31 unspecified atom stereocenters. The Labute approximate surface area is 560 Å². The number of aliphatic hydroxyl groups excluding tert-OH is 9. The molecule has 38 heteroatoms. The Bertz CT molecular complexity index is 3250. The van der Waals surface area contributed by atoms with Crippen molar-refractivity contribution in [2.24, 2.45) is 39.4 Å². The first-order chi connectivity index (χ1) is 45.0. The maximum absolute atomic E-state index is 14.5. The number of methoxy groups -OCH3 is 1. The molecule has 6 aliphatic heterocycles. The molecule has 0 aromatic rings. The van der Waals surface area contributed by atoms with Crippen LogP contribution in [0.15, 0.2) is 23.8 Å². The third-order valence-corrected chi connectivity index (χ3v) is 23.6. The molecule has 3 saturated carbocycles. The van der Waals surface area contributed by atoms with E-state index in [1.54, 1.807) is 0 Å². The topological polar surface area (TPSA) is 518 Å². The summed E-state index contributed by atoms with van der Waals surface area (Å²) in [5.74, 6) is -1.19. The minimum atomic E-state index is -5.34. The monoisotopic (exact) mass is 1460 g/mol. The van der Waals surface area contributed by atoms with Gasteiger partial charge in [-0.05, 0) is 94.8 Å². The van der Waals surface area contributed by atoms with Crippen LogP contribution in [0.5, 0.6) is 0 Å². The Morgan fingerprint density at radius 3 is 1.79 bits per heavy atom. The number of Topliss-reactive ketones (excluding diaryl/α,β-unsaturated/α-hetero) is 1. The van der Waals surface area contributed by atoms with E-state index < -0.39 is 238 Å². The van der Waals surface area contributed by atoms with Gasteiger partial charge in [0.15, 0.2) is 31.5 Å². The van der Waals surface area contributed by atoms with Crippen LogP contribution in [0.2, 0.25) is 0 Å². The summed E-state index contributed by atoms with van der Waals surface area (Å²) in [6.45, 7) is 13.5. The molecule has 31 atom stereocenters. The van der Waals surface area contributed by atoms with Crippen LogP contribution in [0.3, 0.4) is 0 Å². The molecule has 0 aromatic heterocycles. The van der Waals surface area contributed by atoms with E-state index in [1.165, 1.54) is 6.92 Å². The molecule has 0 amide bonds. The van der Waals surface area contributed by atoms with Gasteiger partial charge in [-0.2, -0.15) is 25.3 Å². The average Bonchev–Trinajstić information content (AvgIpc) is 1.52.